The zero-order valence-corrected chi connectivity index (χ0v) is 11.2. The van der Waals surface area contributed by atoms with E-state index in [-0.39, 0.29) is 6.61 Å². The fourth-order valence-corrected chi connectivity index (χ4v) is 1.99. The molecule has 1 rings (SSSR count). The van der Waals surface area contributed by atoms with E-state index in [1.54, 1.807) is 0 Å². The van der Waals surface area contributed by atoms with Gasteiger partial charge in [0, 0.05) is 6.61 Å². The molecule has 0 radical (unpaired) electrons. The second-order valence-electron chi connectivity index (χ2n) is 4.81. The van der Waals surface area contributed by atoms with Crippen molar-refractivity contribution in [2.75, 3.05) is 13.2 Å². The van der Waals surface area contributed by atoms with Gasteiger partial charge < -0.3 is 35.6 Å². The lowest BCUT2D eigenvalue weighted by Gasteiger charge is -2.38. The van der Waals surface area contributed by atoms with E-state index >= 15 is 0 Å². The molecule has 20 heavy (non-hydrogen) atoms. The van der Waals surface area contributed by atoms with Crippen molar-refractivity contribution in [3.8, 4) is 0 Å². The molecule has 1 unspecified atom stereocenters. The van der Waals surface area contributed by atoms with E-state index in [9.17, 15) is 20.1 Å². The minimum Gasteiger partial charge on any atom is -0.479 e. The smallest absolute Gasteiger partial charge is 0.335 e. The number of rotatable bonds is 8. The van der Waals surface area contributed by atoms with Crippen molar-refractivity contribution in [1.82, 2.24) is 0 Å². The zero-order valence-electron chi connectivity index (χ0n) is 11.2. The van der Waals surface area contributed by atoms with Crippen molar-refractivity contribution < 1.29 is 34.7 Å². The first-order chi connectivity index (χ1) is 9.49. The van der Waals surface area contributed by atoms with Gasteiger partial charge in [-0.2, -0.15) is 0 Å². The highest BCUT2D eigenvalue weighted by Gasteiger charge is 2.47. The fraction of sp³-hybridized carbons (Fsp3) is 0.917. The number of aliphatic hydroxyl groups excluding tert-OH is 3. The molecule has 1 fully saturated rings. The van der Waals surface area contributed by atoms with Crippen LogP contribution < -0.4 is 5.73 Å². The monoisotopic (exact) mass is 293 g/mol. The molecule has 0 aromatic carbocycles. The van der Waals surface area contributed by atoms with Crippen molar-refractivity contribution in [3.63, 3.8) is 0 Å². The van der Waals surface area contributed by atoms with Crippen molar-refractivity contribution in [2.24, 2.45) is 5.73 Å². The minimum absolute atomic E-state index is 0.265. The lowest BCUT2D eigenvalue weighted by molar-refractivity contribution is -0.294. The molecule has 0 amide bonds. The van der Waals surface area contributed by atoms with Gasteiger partial charge in [-0.05, 0) is 19.4 Å². The van der Waals surface area contributed by atoms with Gasteiger partial charge in [0.25, 0.3) is 0 Å². The minimum atomic E-state index is -1.69. The van der Waals surface area contributed by atoms with Gasteiger partial charge in [0.05, 0.1) is 0 Å². The van der Waals surface area contributed by atoms with Crippen molar-refractivity contribution in [2.45, 2.75) is 56.4 Å². The second-order valence-corrected chi connectivity index (χ2v) is 4.81. The number of hydrogen-bond acceptors (Lipinski definition) is 7. The summed E-state index contributed by atoms with van der Waals surface area (Å²) in [5.41, 5.74) is 5.36. The molecule has 0 aromatic heterocycles. The highest BCUT2D eigenvalue weighted by Crippen LogP contribution is 2.22. The van der Waals surface area contributed by atoms with Crippen LogP contribution in [0.4, 0.5) is 0 Å². The number of hydrogen-bond donors (Lipinski definition) is 5. The lowest BCUT2D eigenvalue weighted by atomic mass is 9.99. The molecule has 8 nitrogen and oxygen atoms in total. The molecular formula is C12H23NO7. The standard InChI is InChI=1S/C12H23NO7/c13-5-3-1-2-4-6-19-12-9(16)7(14)8(15)10(20-12)11(17)18/h7-10,12,14-16H,1-6,13H2,(H,17,18)/t7-,8-,9+,10-,12?/m0/s1. The van der Waals surface area contributed by atoms with Crippen molar-refractivity contribution in [3.05, 3.63) is 0 Å². The highest BCUT2D eigenvalue weighted by atomic mass is 16.7. The maximum atomic E-state index is 10.9. The van der Waals surface area contributed by atoms with Crippen LogP contribution in [-0.2, 0) is 14.3 Å². The van der Waals surface area contributed by atoms with Crippen LogP contribution >= 0.6 is 0 Å². The summed E-state index contributed by atoms with van der Waals surface area (Å²) in [5.74, 6) is -1.42. The average molecular weight is 293 g/mol. The van der Waals surface area contributed by atoms with E-state index in [0.717, 1.165) is 19.3 Å². The Labute approximate surface area is 117 Å². The molecule has 0 aliphatic carbocycles. The maximum Gasteiger partial charge on any atom is 0.335 e. The Hall–Kier alpha value is -0.770. The van der Waals surface area contributed by atoms with Crippen LogP contribution in [0.1, 0.15) is 25.7 Å². The second kappa shape index (κ2) is 8.50. The summed E-state index contributed by atoms with van der Waals surface area (Å²) in [6.07, 6.45) is -4.17. The summed E-state index contributed by atoms with van der Waals surface area (Å²) in [7, 11) is 0. The quantitative estimate of drug-likeness (QED) is 0.337. The number of ether oxygens (including phenoxy) is 2. The fourth-order valence-electron chi connectivity index (χ4n) is 1.99. The van der Waals surface area contributed by atoms with Crippen LogP contribution in [-0.4, -0.2) is 70.3 Å². The first kappa shape index (κ1) is 17.3. The highest BCUT2D eigenvalue weighted by molar-refractivity contribution is 5.73. The largest absolute Gasteiger partial charge is 0.479 e. The van der Waals surface area contributed by atoms with E-state index < -0.39 is 36.7 Å². The molecule has 0 spiro atoms. The van der Waals surface area contributed by atoms with Crippen LogP contribution in [0.5, 0.6) is 0 Å². The third kappa shape index (κ3) is 4.65. The zero-order chi connectivity index (χ0) is 15.1. The molecule has 1 heterocycles. The summed E-state index contributed by atoms with van der Waals surface area (Å²) in [6.45, 7) is 0.900. The Morgan fingerprint density at radius 2 is 1.70 bits per heavy atom. The lowest BCUT2D eigenvalue weighted by Crippen LogP contribution is -2.60. The molecule has 0 bridgehead atoms. The summed E-state index contributed by atoms with van der Waals surface area (Å²) in [5, 5.41) is 37.6. The van der Waals surface area contributed by atoms with Gasteiger partial charge in [-0.15, -0.1) is 0 Å². The maximum absolute atomic E-state index is 10.9. The molecule has 6 N–H and O–H groups in total. The Morgan fingerprint density at radius 3 is 2.30 bits per heavy atom. The first-order valence-corrected chi connectivity index (χ1v) is 6.73. The van der Waals surface area contributed by atoms with Gasteiger partial charge >= 0.3 is 5.97 Å². The number of nitrogens with two attached hydrogens (primary N) is 1. The molecule has 5 atom stereocenters. The molecule has 1 aliphatic rings. The Balaban J connectivity index is 2.38. The molecule has 118 valence electrons. The van der Waals surface area contributed by atoms with Crippen LogP contribution in [0.2, 0.25) is 0 Å². The summed E-state index contributed by atoms with van der Waals surface area (Å²) in [4.78, 5) is 10.9. The van der Waals surface area contributed by atoms with Gasteiger partial charge in [0.15, 0.2) is 12.4 Å². The topological polar surface area (TPSA) is 142 Å². The summed E-state index contributed by atoms with van der Waals surface area (Å²) < 4.78 is 10.2. The first-order valence-electron chi connectivity index (χ1n) is 6.73. The van der Waals surface area contributed by atoms with Crippen LogP contribution in [0, 0.1) is 0 Å². The third-order valence-electron chi connectivity index (χ3n) is 3.19. The van der Waals surface area contributed by atoms with E-state index in [1.165, 1.54) is 0 Å². The van der Waals surface area contributed by atoms with E-state index in [0.29, 0.717) is 13.0 Å². The van der Waals surface area contributed by atoms with Crippen LogP contribution in [0.15, 0.2) is 0 Å². The van der Waals surface area contributed by atoms with Gasteiger partial charge in [0.2, 0.25) is 0 Å². The van der Waals surface area contributed by atoms with E-state index in [1.807, 2.05) is 0 Å². The van der Waals surface area contributed by atoms with E-state index in [2.05, 4.69) is 0 Å². The van der Waals surface area contributed by atoms with Crippen molar-refractivity contribution in [1.29, 1.82) is 0 Å². The van der Waals surface area contributed by atoms with Gasteiger partial charge in [-0.25, -0.2) is 4.79 Å². The summed E-state index contributed by atoms with van der Waals surface area (Å²) in [6, 6.07) is 0. The van der Waals surface area contributed by atoms with Gasteiger partial charge in [-0.1, -0.05) is 12.8 Å². The van der Waals surface area contributed by atoms with Gasteiger partial charge in [-0.3, -0.25) is 0 Å². The van der Waals surface area contributed by atoms with E-state index in [4.69, 9.17) is 20.3 Å². The molecule has 1 aliphatic heterocycles. The Morgan fingerprint density at radius 1 is 1.05 bits per heavy atom. The van der Waals surface area contributed by atoms with Crippen molar-refractivity contribution >= 4 is 5.97 Å². The third-order valence-corrected chi connectivity index (χ3v) is 3.19. The predicted octanol–water partition coefficient (Wildman–Crippen LogP) is -1.59. The normalized spacial score (nSPS) is 34.1. The Kier molecular flexibility index (Phi) is 7.35. The number of unbranched alkanes of at least 4 members (excludes halogenated alkanes) is 3. The summed E-state index contributed by atoms with van der Waals surface area (Å²) >= 11 is 0. The number of aliphatic carboxylic acids is 1. The predicted molar refractivity (Wildman–Crippen MR) is 67.8 cm³/mol. The van der Waals surface area contributed by atoms with Crippen LogP contribution in [0.3, 0.4) is 0 Å². The molecule has 8 heteroatoms. The van der Waals surface area contributed by atoms with Gasteiger partial charge in [0.1, 0.15) is 18.3 Å². The number of aliphatic hydroxyl groups is 3. The number of carbonyl (C=O) groups is 1. The van der Waals surface area contributed by atoms with Crippen LogP contribution in [0.25, 0.3) is 0 Å². The molecule has 0 aromatic rings. The number of carboxylic acids is 1. The SMILES string of the molecule is NCCCCCCOC1O[C@H](C(=O)O)[C@@H](O)[C@H](O)[C@H]1O. The molecule has 1 saturated heterocycles. The average Bonchev–Trinajstić information content (AvgIpc) is 2.42. The molecule has 0 saturated carbocycles. The number of carboxylic acid groups (broad SMARTS) is 1. The Bertz CT molecular complexity index is 302. The molecular weight excluding hydrogens is 270 g/mol.